The van der Waals surface area contributed by atoms with Crippen LogP contribution in [0.2, 0.25) is 0 Å². The lowest BCUT2D eigenvalue weighted by Gasteiger charge is -1.89. The molecule has 7 N–H and O–H groups in total. The molecule has 0 fully saturated rings. The van der Waals surface area contributed by atoms with Crippen LogP contribution in [0.4, 0.5) is 5.69 Å². The van der Waals surface area contributed by atoms with Gasteiger partial charge in [0.15, 0.2) is 0 Å². The van der Waals surface area contributed by atoms with Gasteiger partial charge in [0.1, 0.15) is 5.75 Å². The zero-order chi connectivity index (χ0) is 9.40. The molecule has 0 radical (unpaired) electrons. The Balaban J connectivity index is 0.000000261. The molecule has 0 aliphatic rings. The number of phenolic OH excluding ortho intramolecular Hbond substituents is 1. The van der Waals surface area contributed by atoms with Crippen LogP contribution in [0, 0.1) is 0 Å². The normalized spacial score (nSPS) is 8.50. The first-order valence-electron chi connectivity index (χ1n) is 3.65. The van der Waals surface area contributed by atoms with E-state index < -0.39 is 0 Å². The van der Waals surface area contributed by atoms with Gasteiger partial charge in [-0.1, -0.05) is 0 Å². The third-order valence-corrected chi connectivity index (χ3v) is 1.06. The van der Waals surface area contributed by atoms with Crippen LogP contribution >= 0.6 is 0 Å². The number of hydrogen-bond acceptors (Lipinski definition) is 4. The SMILES string of the molecule is NCCN.Nc1ccc(O)cc1. The fourth-order valence-corrected chi connectivity index (χ4v) is 0.474. The average molecular weight is 169 g/mol. The van der Waals surface area contributed by atoms with Gasteiger partial charge in [0, 0.05) is 18.8 Å². The Labute approximate surface area is 72.0 Å². The fraction of sp³-hybridized carbons (Fsp3) is 0.250. The summed E-state index contributed by atoms with van der Waals surface area (Å²) in [5, 5.41) is 8.70. The van der Waals surface area contributed by atoms with Crippen molar-refractivity contribution < 1.29 is 5.11 Å². The highest BCUT2D eigenvalue weighted by Crippen LogP contribution is 2.09. The molecule has 4 heteroatoms. The largest absolute Gasteiger partial charge is 0.508 e. The number of nitrogen functional groups attached to an aromatic ring is 1. The second kappa shape index (κ2) is 6.45. The van der Waals surface area contributed by atoms with Gasteiger partial charge in [0.2, 0.25) is 0 Å². The van der Waals surface area contributed by atoms with Gasteiger partial charge >= 0.3 is 0 Å². The minimum Gasteiger partial charge on any atom is -0.508 e. The lowest BCUT2D eigenvalue weighted by molar-refractivity contribution is 0.475. The molecule has 0 saturated carbocycles. The van der Waals surface area contributed by atoms with Gasteiger partial charge in [-0.2, -0.15) is 0 Å². The van der Waals surface area contributed by atoms with E-state index >= 15 is 0 Å². The van der Waals surface area contributed by atoms with Crippen LogP contribution in [0.5, 0.6) is 5.75 Å². The standard InChI is InChI=1S/C6H7NO.C2H8N2/c7-5-1-3-6(8)4-2-5;3-1-2-4/h1-4,8H,7H2;1-4H2. The van der Waals surface area contributed by atoms with Crippen molar-refractivity contribution >= 4 is 5.69 Å². The Morgan fingerprint density at radius 2 is 1.42 bits per heavy atom. The van der Waals surface area contributed by atoms with Crippen molar-refractivity contribution in [3.63, 3.8) is 0 Å². The predicted molar refractivity (Wildman–Crippen MR) is 50.6 cm³/mol. The Morgan fingerprint density at radius 3 is 1.67 bits per heavy atom. The van der Waals surface area contributed by atoms with Crippen molar-refractivity contribution in [2.45, 2.75) is 0 Å². The van der Waals surface area contributed by atoms with Crippen LogP contribution in [-0.2, 0) is 0 Å². The van der Waals surface area contributed by atoms with Gasteiger partial charge in [-0.3, -0.25) is 0 Å². The molecule has 0 unspecified atom stereocenters. The molecule has 0 aromatic heterocycles. The first-order valence-corrected chi connectivity index (χ1v) is 3.65. The quantitative estimate of drug-likeness (QED) is 0.348. The van der Waals surface area contributed by atoms with Gasteiger partial charge in [0.05, 0.1) is 0 Å². The maximum atomic E-state index is 8.70. The molecule has 1 aromatic rings. The second-order valence-electron chi connectivity index (χ2n) is 2.17. The maximum Gasteiger partial charge on any atom is 0.115 e. The van der Waals surface area contributed by atoms with E-state index in [1.54, 1.807) is 24.3 Å². The summed E-state index contributed by atoms with van der Waals surface area (Å²) >= 11 is 0. The van der Waals surface area contributed by atoms with E-state index in [1.807, 2.05) is 0 Å². The molecule has 12 heavy (non-hydrogen) atoms. The fourth-order valence-electron chi connectivity index (χ4n) is 0.474. The molecule has 1 rings (SSSR count). The topological polar surface area (TPSA) is 98.3 Å². The Bertz CT molecular complexity index is 175. The van der Waals surface area contributed by atoms with Crippen LogP contribution in [-0.4, -0.2) is 18.2 Å². The number of hydrogen-bond donors (Lipinski definition) is 4. The van der Waals surface area contributed by atoms with Crippen molar-refractivity contribution in [3.05, 3.63) is 24.3 Å². The van der Waals surface area contributed by atoms with Crippen molar-refractivity contribution in [1.82, 2.24) is 0 Å². The number of phenols is 1. The molecule has 0 saturated heterocycles. The van der Waals surface area contributed by atoms with Crippen LogP contribution in [0.15, 0.2) is 24.3 Å². The molecular formula is C8H15N3O. The summed E-state index contributed by atoms with van der Waals surface area (Å²) in [6, 6.07) is 6.40. The molecule has 0 bridgehead atoms. The lowest BCUT2D eigenvalue weighted by atomic mass is 10.3. The number of benzene rings is 1. The molecule has 0 atom stereocenters. The first-order chi connectivity index (χ1) is 5.70. The lowest BCUT2D eigenvalue weighted by Crippen LogP contribution is -2.11. The maximum absolute atomic E-state index is 8.70. The zero-order valence-electron chi connectivity index (χ0n) is 6.90. The summed E-state index contributed by atoms with van der Waals surface area (Å²) in [6.07, 6.45) is 0. The van der Waals surface area contributed by atoms with E-state index in [2.05, 4.69) is 0 Å². The summed E-state index contributed by atoms with van der Waals surface area (Å²) < 4.78 is 0. The third kappa shape index (κ3) is 5.52. The van der Waals surface area contributed by atoms with Gasteiger partial charge in [-0.15, -0.1) is 0 Å². The number of rotatable bonds is 1. The average Bonchev–Trinajstić information content (AvgIpc) is 2.11. The van der Waals surface area contributed by atoms with E-state index in [9.17, 15) is 0 Å². The molecule has 0 aliphatic carbocycles. The summed E-state index contributed by atoms with van der Waals surface area (Å²) in [6.45, 7) is 1.19. The third-order valence-electron chi connectivity index (χ3n) is 1.06. The van der Waals surface area contributed by atoms with Crippen LogP contribution < -0.4 is 17.2 Å². The van der Waals surface area contributed by atoms with E-state index in [1.165, 1.54) is 0 Å². The van der Waals surface area contributed by atoms with Crippen LogP contribution in [0.1, 0.15) is 0 Å². The van der Waals surface area contributed by atoms with Crippen molar-refractivity contribution in [2.75, 3.05) is 18.8 Å². The molecule has 0 heterocycles. The van der Waals surface area contributed by atoms with Crippen LogP contribution in [0.25, 0.3) is 0 Å². The number of anilines is 1. The molecule has 1 aromatic carbocycles. The molecule has 0 aliphatic heterocycles. The minimum absolute atomic E-state index is 0.249. The van der Waals surface area contributed by atoms with Gasteiger partial charge in [0.25, 0.3) is 0 Å². The van der Waals surface area contributed by atoms with E-state index in [0.29, 0.717) is 18.8 Å². The molecule has 0 amide bonds. The van der Waals surface area contributed by atoms with Crippen molar-refractivity contribution in [1.29, 1.82) is 0 Å². The van der Waals surface area contributed by atoms with E-state index in [4.69, 9.17) is 22.3 Å². The molecule has 4 nitrogen and oxygen atoms in total. The van der Waals surface area contributed by atoms with E-state index in [-0.39, 0.29) is 5.75 Å². The number of aromatic hydroxyl groups is 1. The van der Waals surface area contributed by atoms with E-state index in [0.717, 1.165) is 0 Å². The summed E-state index contributed by atoms with van der Waals surface area (Å²) in [4.78, 5) is 0. The Hall–Kier alpha value is -1.26. The monoisotopic (exact) mass is 169 g/mol. The Kier molecular flexibility index (Phi) is 5.77. The first kappa shape index (κ1) is 10.7. The van der Waals surface area contributed by atoms with Crippen LogP contribution in [0.3, 0.4) is 0 Å². The highest BCUT2D eigenvalue weighted by Gasteiger charge is 1.82. The number of nitrogens with two attached hydrogens (primary N) is 3. The predicted octanol–water partition coefficient (Wildman–Crippen LogP) is -0.122. The van der Waals surface area contributed by atoms with Gasteiger partial charge in [-0.05, 0) is 24.3 Å². The zero-order valence-corrected chi connectivity index (χ0v) is 6.90. The second-order valence-corrected chi connectivity index (χ2v) is 2.17. The summed E-state index contributed by atoms with van der Waals surface area (Å²) in [7, 11) is 0. The smallest absolute Gasteiger partial charge is 0.115 e. The highest BCUT2D eigenvalue weighted by atomic mass is 16.3. The molecular weight excluding hydrogens is 154 g/mol. The summed E-state index contributed by atoms with van der Waals surface area (Å²) in [5.41, 5.74) is 15.8. The summed E-state index contributed by atoms with van der Waals surface area (Å²) in [5.74, 6) is 0.249. The van der Waals surface area contributed by atoms with Gasteiger partial charge < -0.3 is 22.3 Å². The minimum atomic E-state index is 0.249. The van der Waals surface area contributed by atoms with Crippen molar-refractivity contribution in [2.24, 2.45) is 11.5 Å². The van der Waals surface area contributed by atoms with Gasteiger partial charge in [-0.25, -0.2) is 0 Å². The Morgan fingerprint density at radius 1 is 1.00 bits per heavy atom. The highest BCUT2D eigenvalue weighted by molar-refractivity contribution is 5.40. The molecule has 68 valence electrons. The van der Waals surface area contributed by atoms with Crippen molar-refractivity contribution in [3.8, 4) is 5.75 Å². The molecule has 0 spiro atoms.